The highest BCUT2D eigenvalue weighted by atomic mass is 79.9. The third-order valence-electron chi connectivity index (χ3n) is 28.0. The predicted molar refractivity (Wildman–Crippen MR) is 576 cm³/mol. The molecule has 10 nitrogen and oxygen atoms in total. The second-order valence-electron chi connectivity index (χ2n) is 35.8. The van der Waals surface area contributed by atoms with Crippen molar-refractivity contribution in [3.63, 3.8) is 0 Å². The Morgan fingerprint density at radius 3 is 1.00 bits per heavy atom. The van der Waals surface area contributed by atoms with E-state index in [1.165, 1.54) is 73.6 Å². The maximum absolute atomic E-state index is 18.1. The number of aromatic nitrogens is 3. The van der Waals surface area contributed by atoms with Gasteiger partial charge in [-0.3, -0.25) is 0 Å². The van der Waals surface area contributed by atoms with Gasteiger partial charge in [0.15, 0.2) is 34.2 Å². The van der Waals surface area contributed by atoms with Gasteiger partial charge in [-0.25, -0.2) is 17.6 Å². The summed E-state index contributed by atoms with van der Waals surface area (Å²) in [5.74, 6) is 1.27. The summed E-state index contributed by atoms with van der Waals surface area (Å²) in [5, 5.41) is 5.06. The quantitative estimate of drug-likeness (QED) is 0.101. The van der Waals surface area contributed by atoms with E-state index in [2.05, 4.69) is 143 Å². The number of nitrogens with zero attached hydrogens (tertiary/aromatic N) is 6. The molecule has 690 valence electrons. The SMILES string of the molecule is BrB(Br)Br.COc1ccccc1C1=[N+]2C(=Cc3c4ccc(-c5ccc(F)cc5)cc4c(-c4ccccc4C)n3[B-]2(F)F)c2ccc(-c3ccc(F)cc3)cc21.COc1ccccc1C1=[N+]2C(=Cc3c4ccc(Br)cc4c(-c4ccccc4C)n3[B-]2(F)F)c2ccc(Br)cc21.Fc1ccc(-c2ccc3c(c2)C2=[N+]4C3=Cc3c5ccc(-c6ccc(F)cc6)cc5c5n3[B-]4(Oc3ccccc32)Oc2ccccc2-5)cc1. The van der Waals surface area contributed by atoms with Gasteiger partial charge in [-0.05, 0) is 244 Å². The number of para-hydroxylation sites is 4. The Labute approximate surface area is 852 Å². The summed E-state index contributed by atoms with van der Waals surface area (Å²) in [7, 11) is 3.10. The van der Waals surface area contributed by atoms with Crippen molar-refractivity contribution in [1.82, 2.24) is 13.4 Å². The van der Waals surface area contributed by atoms with Crippen LogP contribution in [0.25, 0.3) is 146 Å². The van der Waals surface area contributed by atoms with Crippen LogP contribution >= 0.6 is 79.1 Å². The van der Waals surface area contributed by atoms with Crippen LogP contribution < -0.4 is 18.8 Å². The smallest absolute Gasteiger partial charge is 0.601 e. The fourth-order valence-electron chi connectivity index (χ4n) is 22.0. The zero-order chi connectivity index (χ0) is 97.4. The minimum absolute atomic E-state index is 0.260. The highest BCUT2D eigenvalue weighted by Crippen LogP contribution is 2.57. The first-order valence-electron chi connectivity index (χ1n) is 45.9. The van der Waals surface area contributed by atoms with Gasteiger partial charge in [0.05, 0.1) is 75.8 Å². The number of fused-ring (bicyclic) bond motifs is 22. The molecular formula is C115H73B4Br5F8N6O4. The van der Waals surface area contributed by atoms with Crippen LogP contribution in [-0.2, 0) is 0 Å². The van der Waals surface area contributed by atoms with Gasteiger partial charge in [0, 0.05) is 99.2 Å². The van der Waals surface area contributed by atoms with Gasteiger partial charge in [-0.1, -0.05) is 220 Å². The topological polar surface area (TPSA) is 60.7 Å². The van der Waals surface area contributed by atoms with E-state index in [1.807, 2.05) is 244 Å². The van der Waals surface area contributed by atoms with E-state index in [0.29, 0.717) is 95.7 Å². The van der Waals surface area contributed by atoms with Gasteiger partial charge >= 0.3 is 23.9 Å². The Morgan fingerprint density at radius 1 is 0.282 bits per heavy atom. The first kappa shape index (κ1) is 90.2. The third-order valence-corrected chi connectivity index (χ3v) is 29.0. The first-order chi connectivity index (χ1) is 68.8. The molecule has 142 heavy (non-hydrogen) atoms. The number of ether oxygens (including phenoxy) is 2. The van der Waals surface area contributed by atoms with E-state index in [0.717, 1.165) is 159 Å². The van der Waals surface area contributed by atoms with Crippen LogP contribution in [0.2, 0.25) is 0 Å². The van der Waals surface area contributed by atoms with E-state index in [9.17, 15) is 17.6 Å². The lowest BCUT2D eigenvalue weighted by molar-refractivity contribution is -0.330. The normalized spacial score (nSPS) is 15.4. The van der Waals surface area contributed by atoms with Gasteiger partial charge in [-0.2, -0.15) is 0 Å². The molecule has 0 N–H and O–H groups in total. The minimum atomic E-state index is -4.53. The monoisotopic (exact) mass is 2190 g/mol. The van der Waals surface area contributed by atoms with Crippen molar-refractivity contribution in [3.8, 4) is 101 Å². The van der Waals surface area contributed by atoms with Crippen molar-refractivity contribution in [2.24, 2.45) is 0 Å². The number of benzene rings is 16. The number of aryl methyl sites for hydroxylation is 2. The highest BCUT2D eigenvalue weighted by molar-refractivity contribution is 9.69. The minimum Gasteiger partial charge on any atom is -0.601 e. The molecule has 16 aromatic carbocycles. The van der Waals surface area contributed by atoms with Crippen LogP contribution in [-0.4, -0.2) is 82.2 Å². The molecule has 3 aromatic heterocycles. The Kier molecular flexibility index (Phi) is 22.1. The third kappa shape index (κ3) is 14.4. The fourth-order valence-corrected chi connectivity index (χ4v) is 22.7. The lowest BCUT2D eigenvalue weighted by Crippen LogP contribution is -2.69. The molecule has 11 heterocycles. The number of methoxy groups -OCH3 is 2. The van der Waals surface area contributed by atoms with E-state index in [4.69, 9.17) is 18.8 Å². The van der Waals surface area contributed by atoms with Crippen LogP contribution in [0, 0.1) is 37.1 Å². The molecule has 0 amide bonds. The van der Waals surface area contributed by atoms with Crippen LogP contribution in [0.1, 0.15) is 78.3 Å². The number of rotatable bonds is 10. The van der Waals surface area contributed by atoms with Crippen molar-refractivity contribution >= 4 is 188 Å². The standard InChI is InChI=1S/C43H29BF4N2O.C41H23BF2N2O2.C31H21BBr2F2N2O.BBr3/c1-26-7-3-4-8-33(26)42-37-23-29(27-11-17-31(45)18-12-27)15-21-34(37)39-25-40-35-22-16-30(28-13-19-32(46)20-14-28)24-38(35)43(50(40)44(47,48)49(39)42)36-9-5-6-10-41(36)51-2;43-28-15-9-24(10-16-28)26-13-19-30-34(21-26)40-32-5-1-3-7-38(32)47-42-45(40)36(30)23-37-31-20-14-27(25-11-17-29(44)18-12-25)22-35(31)41(46(37)42)33-6-2-4-8-39(33)48-42;1-18-7-3-4-8-21(18)30-25-15-19(33)11-13-22(25)27-17-28-23-14-12-20(34)16-26(23)31(38(28)32(35,36)37(27)30)24-9-5-6-10-29(24)39-2;2-1(3)4/h3-25H,1-2H3;1-23H;3-17H,1-2H3;. The lowest BCUT2D eigenvalue weighted by atomic mass is 9.77. The molecule has 0 aliphatic carbocycles. The maximum atomic E-state index is 18.1. The number of hydrogen-bond donors (Lipinski definition) is 0. The van der Waals surface area contributed by atoms with Crippen molar-refractivity contribution in [2.75, 3.05) is 14.2 Å². The Bertz CT molecular complexity index is 8860. The second kappa shape index (κ2) is 34.8. The van der Waals surface area contributed by atoms with Gasteiger partial charge in [0.25, 0.3) is 0 Å². The molecule has 8 aliphatic rings. The summed E-state index contributed by atoms with van der Waals surface area (Å²) in [6.07, 6.45) is 6.02. The van der Waals surface area contributed by atoms with Crippen LogP contribution in [0.3, 0.4) is 0 Å². The maximum Gasteiger partial charge on any atom is 0.780 e. The number of hydrogen-bond acceptors (Lipinski definition) is 4. The number of halogens is 13. The first-order valence-corrected chi connectivity index (χ1v) is 50.2. The molecule has 27 rings (SSSR count). The van der Waals surface area contributed by atoms with Crippen LogP contribution in [0.4, 0.5) is 34.8 Å². The van der Waals surface area contributed by atoms with Crippen LogP contribution in [0.5, 0.6) is 23.0 Å². The fraction of sp³-hybridized carbons (Fsp3) is 0.0348. The predicted octanol–water partition coefficient (Wildman–Crippen LogP) is 31.1. The highest BCUT2D eigenvalue weighted by Gasteiger charge is 2.65. The molecule has 1 spiro atoms. The van der Waals surface area contributed by atoms with E-state index in [-0.39, 0.29) is 26.5 Å². The molecule has 0 fully saturated rings. The Balaban J connectivity index is 0.000000114. The van der Waals surface area contributed by atoms with Gasteiger partial charge in [-0.15, -0.1) is 47.3 Å². The molecule has 1 atom stereocenters. The summed E-state index contributed by atoms with van der Waals surface area (Å²) in [6, 6.07) is 107. The van der Waals surface area contributed by atoms with E-state index in [1.54, 1.807) is 43.5 Å². The lowest BCUT2D eigenvalue weighted by Gasteiger charge is -2.46. The summed E-state index contributed by atoms with van der Waals surface area (Å²) in [6.45, 7) is -7.35. The molecule has 19 aromatic rings. The summed E-state index contributed by atoms with van der Waals surface area (Å²) >= 11 is 16.4. The molecule has 1 unspecified atom stereocenters. The molecule has 8 aliphatic heterocycles. The molecule has 0 saturated carbocycles. The molecule has 0 saturated heterocycles. The average Bonchev–Trinajstić information content (AvgIpc) is 1.49. The summed E-state index contributed by atoms with van der Waals surface area (Å²) < 4.78 is 164. The van der Waals surface area contributed by atoms with Gasteiger partial charge < -0.3 is 62.9 Å². The molecule has 0 radical (unpaired) electrons. The zero-order valence-electron chi connectivity index (χ0n) is 75.8. The van der Waals surface area contributed by atoms with Crippen molar-refractivity contribution in [3.05, 3.63) is 462 Å². The van der Waals surface area contributed by atoms with E-state index < -0.39 is 20.8 Å². The average molecular weight is 2200 g/mol. The molecule has 0 bridgehead atoms. The van der Waals surface area contributed by atoms with Crippen molar-refractivity contribution in [2.45, 2.75) is 13.8 Å². The molecule has 27 heteroatoms. The molecular weight excluding hydrogens is 2120 g/mol. The van der Waals surface area contributed by atoms with E-state index >= 15 is 17.3 Å². The zero-order valence-corrected chi connectivity index (χ0v) is 83.7. The summed E-state index contributed by atoms with van der Waals surface area (Å²) in [4.78, 5) is 0. The second-order valence-corrected chi connectivity index (χ2v) is 44.1. The van der Waals surface area contributed by atoms with Crippen molar-refractivity contribution < 1.29 is 67.1 Å². The van der Waals surface area contributed by atoms with Gasteiger partial charge in [0.1, 0.15) is 34.8 Å². The summed E-state index contributed by atoms with van der Waals surface area (Å²) in [5.41, 5.74) is 25.8. The Hall–Kier alpha value is -14.3. The largest absolute Gasteiger partial charge is 0.780 e. The Morgan fingerprint density at radius 2 is 0.577 bits per heavy atom. The van der Waals surface area contributed by atoms with Crippen molar-refractivity contribution in [1.29, 1.82) is 0 Å². The van der Waals surface area contributed by atoms with Crippen LogP contribution in [0.15, 0.2) is 361 Å². The van der Waals surface area contributed by atoms with Gasteiger partial charge in [0.2, 0.25) is 0 Å².